The van der Waals surface area contributed by atoms with Gasteiger partial charge in [-0.25, -0.2) is 0 Å². The molecule has 0 aliphatic carbocycles. The average Bonchev–Trinajstić information content (AvgIpc) is 2.39. The van der Waals surface area contributed by atoms with Crippen molar-refractivity contribution in [1.29, 1.82) is 0 Å². The summed E-state index contributed by atoms with van der Waals surface area (Å²) in [5.74, 6) is 0.857. The molecule has 2 N–H and O–H groups in total. The lowest BCUT2D eigenvalue weighted by Gasteiger charge is -2.23. The van der Waals surface area contributed by atoms with Gasteiger partial charge in [-0.1, -0.05) is 32.9 Å². The van der Waals surface area contributed by atoms with Crippen LogP contribution in [0.25, 0.3) is 0 Å². The number of hydrogen-bond donors (Lipinski definition) is 2. The van der Waals surface area contributed by atoms with E-state index in [4.69, 9.17) is 0 Å². The molecule has 1 aliphatic heterocycles. The highest BCUT2D eigenvalue weighted by Gasteiger charge is 2.13. The first-order valence-electron chi connectivity index (χ1n) is 7.61. The SMILES string of the molecule is CC(C)(C)c1ccc(NCCC2CCCNC2)cc1. The highest BCUT2D eigenvalue weighted by Crippen LogP contribution is 2.23. The van der Waals surface area contributed by atoms with E-state index in [0.717, 1.165) is 12.5 Å². The summed E-state index contributed by atoms with van der Waals surface area (Å²) in [7, 11) is 0. The fraction of sp³-hybridized carbons (Fsp3) is 0.647. The molecule has 1 aromatic carbocycles. The molecule has 0 spiro atoms. The Kier molecular flexibility index (Phi) is 4.87. The van der Waals surface area contributed by atoms with Crippen molar-refractivity contribution in [3.8, 4) is 0 Å². The molecule has 2 rings (SSSR count). The van der Waals surface area contributed by atoms with E-state index in [-0.39, 0.29) is 5.41 Å². The second-order valence-corrected chi connectivity index (χ2v) is 6.76. The monoisotopic (exact) mass is 260 g/mol. The van der Waals surface area contributed by atoms with Gasteiger partial charge in [-0.15, -0.1) is 0 Å². The van der Waals surface area contributed by atoms with E-state index in [1.165, 1.54) is 43.6 Å². The lowest BCUT2D eigenvalue weighted by Crippen LogP contribution is -2.30. The Morgan fingerprint density at radius 2 is 1.95 bits per heavy atom. The first-order valence-corrected chi connectivity index (χ1v) is 7.61. The molecule has 0 aromatic heterocycles. The van der Waals surface area contributed by atoms with Crippen LogP contribution in [0.5, 0.6) is 0 Å². The smallest absolute Gasteiger partial charge is 0.0340 e. The molecule has 1 saturated heterocycles. The fourth-order valence-corrected chi connectivity index (χ4v) is 2.68. The van der Waals surface area contributed by atoms with E-state index in [0.29, 0.717) is 0 Å². The van der Waals surface area contributed by atoms with Gasteiger partial charge in [-0.2, -0.15) is 0 Å². The summed E-state index contributed by atoms with van der Waals surface area (Å²) in [5.41, 5.74) is 2.89. The third-order valence-corrected chi connectivity index (χ3v) is 4.03. The summed E-state index contributed by atoms with van der Waals surface area (Å²) in [5, 5.41) is 7.02. The van der Waals surface area contributed by atoms with Crippen molar-refractivity contribution in [2.24, 2.45) is 5.92 Å². The van der Waals surface area contributed by atoms with Crippen LogP contribution in [-0.2, 0) is 5.41 Å². The van der Waals surface area contributed by atoms with E-state index in [1.807, 2.05) is 0 Å². The molecular formula is C17H28N2. The normalized spacial score (nSPS) is 20.3. The number of hydrogen-bond acceptors (Lipinski definition) is 2. The second kappa shape index (κ2) is 6.42. The summed E-state index contributed by atoms with van der Waals surface area (Å²) < 4.78 is 0. The van der Waals surface area contributed by atoms with Crippen LogP contribution in [-0.4, -0.2) is 19.6 Å². The minimum atomic E-state index is 0.242. The van der Waals surface area contributed by atoms with E-state index in [2.05, 4.69) is 55.7 Å². The molecule has 0 bridgehead atoms. The van der Waals surface area contributed by atoms with Gasteiger partial charge in [0, 0.05) is 12.2 Å². The average molecular weight is 260 g/mol. The van der Waals surface area contributed by atoms with E-state index in [1.54, 1.807) is 0 Å². The minimum absolute atomic E-state index is 0.242. The Bertz CT molecular complexity index is 369. The molecule has 1 aliphatic rings. The molecule has 1 unspecified atom stereocenters. The van der Waals surface area contributed by atoms with Gasteiger partial charge < -0.3 is 10.6 Å². The third-order valence-electron chi connectivity index (χ3n) is 4.03. The van der Waals surface area contributed by atoms with Gasteiger partial charge in [0.25, 0.3) is 0 Å². The highest BCUT2D eigenvalue weighted by atomic mass is 14.9. The molecule has 0 saturated carbocycles. The van der Waals surface area contributed by atoms with Crippen molar-refractivity contribution in [2.75, 3.05) is 25.0 Å². The second-order valence-electron chi connectivity index (χ2n) is 6.76. The standard InChI is InChI=1S/C17H28N2/c1-17(2,3)15-6-8-16(9-7-15)19-12-10-14-5-4-11-18-13-14/h6-9,14,18-19H,4-5,10-13H2,1-3H3. The molecule has 2 nitrogen and oxygen atoms in total. The zero-order valence-corrected chi connectivity index (χ0v) is 12.6. The van der Waals surface area contributed by atoms with E-state index in [9.17, 15) is 0 Å². The Labute approximate surface area is 118 Å². The Morgan fingerprint density at radius 1 is 1.21 bits per heavy atom. The van der Waals surface area contributed by atoms with Gasteiger partial charge in [0.2, 0.25) is 0 Å². The highest BCUT2D eigenvalue weighted by molar-refractivity contribution is 5.45. The maximum absolute atomic E-state index is 3.54. The van der Waals surface area contributed by atoms with Crippen molar-refractivity contribution in [1.82, 2.24) is 5.32 Å². The number of benzene rings is 1. The van der Waals surface area contributed by atoms with Gasteiger partial charge in [0.15, 0.2) is 0 Å². The zero-order chi connectivity index (χ0) is 13.7. The molecular weight excluding hydrogens is 232 g/mol. The van der Waals surface area contributed by atoms with Crippen LogP contribution in [0, 0.1) is 5.92 Å². The zero-order valence-electron chi connectivity index (χ0n) is 12.6. The molecule has 106 valence electrons. The molecule has 1 heterocycles. The lowest BCUT2D eigenvalue weighted by molar-refractivity contribution is 0.364. The summed E-state index contributed by atoms with van der Waals surface area (Å²) in [6, 6.07) is 8.90. The van der Waals surface area contributed by atoms with Gasteiger partial charge >= 0.3 is 0 Å². The number of piperidine rings is 1. The molecule has 0 amide bonds. The molecule has 2 heteroatoms. The number of anilines is 1. The van der Waals surface area contributed by atoms with Gasteiger partial charge in [-0.3, -0.25) is 0 Å². The van der Waals surface area contributed by atoms with E-state index < -0.39 is 0 Å². The Morgan fingerprint density at radius 3 is 2.53 bits per heavy atom. The minimum Gasteiger partial charge on any atom is -0.385 e. The van der Waals surface area contributed by atoms with Crippen molar-refractivity contribution < 1.29 is 0 Å². The van der Waals surface area contributed by atoms with Crippen LogP contribution in [0.15, 0.2) is 24.3 Å². The van der Waals surface area contributed by atoms with Crippen LogP contribution in [0.4, 0.5) is 5.69 Å². The van der Waals surface area contributed by atoms with Gasteiger partial charge in [0.05, 0.1) is 0 Å². The fourth-order valence-electron chi connectivity index (χ4n) is 2.68. The maximum atomic E-state index is 3.54. The van der Waals surface area contributed by atoms with Crippen molar-refractivity contribution in [3.05, 3.63) is 29.8 Å². The summed E-state index contributed by atoms with van der Waals surface area (Å²) in [6.07, 6.45) is 4.00. The lowest BCUT2D eigenvalue weighted by atomic mass is 9.87. The molecule has 1 atom stereocenters. The van der Waals surface area contributed by atoms with Crippen LogP contribution in [0.2, 0.25) is 0 Å². The maximum Gasteiger partial charge on any atom is 0.0340 e. The third kappa shape index (κ3) is 4.54. The van der Waals surface area contributed by atoms with Crippen molar-refractivity contribution in [2.45, 2.75) is 45.4 Å². The summed E-state index contributed by atoms with van der Waals surface area (Å²) >= 11 is 0. The first-order chi connectivity index (χ1) is 9.05. The number of rotatable bonds is 4. The van der Waals surface area contributed by atoms with Crippen LogP contribution in [0.3, 0.4) is 0 Å². The van der Waals surface area contributed by atoms with Crippen LogP contribution < -0.4 is 10.6 Å². The van der Waals surface area contributed by atoms with Gasteiger partial charge in [0.1, 0.15) is 0 Å². The molecule has 0 radical (unpaired) electrons. The van der Waals surface area contributed by atoms with Crippen LogP contribution >= 0.6 is 0 Å². The Balaban J connectivity index is 1.76. The molecule has 19 heavy (non-hydrogen) atoms. The Hall–Kier alpha value is -1.02. The van der Waals surface area contributed by atoms with Crippen molar-refractivity contribution in [3.63, 3.8) is 0 Å². The van der Waals surface area contributed by atoms with Crippen molar-refractivity contribution >= 4 is 5.69 Å². The first kappa shape index (κ1) is 14.4. The molecule has 1 fully saturated rings. The van der Waals surface area contributed by atoms with E-state index >= 15 is 0 Å². The molecule has 1 aromatic rings. The topological polar surface area (TPSA) is 24.1 Å². The predicted molar refractivity (Wildman–Crippen MR) is 83.8 cm³/mol. The predicted octanol–water partition coefficient (Wildman–Crippen LogP) is 3.79. The quantitative estimate of drug-likeness (QED) is 0.861. The summed E-state index contributed by atoms with van der Waals surface area (Å²) in [4.78, 5) is 0. The van der Waals surface area contributed by atoms with Crippen LogP contribution in [0.1, 0.15) is 45.6 Å². The summed E-state index contributed by atoms with van der Waals surface area (Å²) in [6.45, 7) is 10.3. The number of nitrogens with one attached hydrogen (secondary N) is 2. The largest absolute Gasteiger partial charge is 0.385 e. The van der Waals surface area contributed by atoms with Gasteiger partial charge in [-0.05, 0) is 61.4 Å².